The molecule has 1 aliphatic rings. The van der Waals surface area contributed by atoms with Gasteiger partial charge in [0.05, 0.1) is 23.0 Å². The third-order valence-electron chi connectivity index (χ3n) is 6.03. The highest BCUT2D eigenvalue weighted by Gasteiger charge is 2.45. The van der Waals surface area contributed by atoms with Gasteiger partial charge >= 0.3 is 0 Å². The lowest BCUT2D eigenvalue weighted by atomic mass is 10.1. The van der Waals surface area contributed by atoms with Gasteiger partial charge in [-0.05, 0) is 57.9 Å². The fourth-order valence-electron chi connectivity index (χ4n) is 4.02. The van der Waals surface area contributed by atoms with Crippen LogP contribution in [-0.4, -0.2) is 53.0 Å². The molecule has 1 fully saturated rings. The molecule has 0 aliphatic heterocycles. The molecule has 1 N–H and O–H groups in total. The Morgan fingerprint density at radius 2 is 2.00 bits per heavy atom. The zero-order chi connectivity index (χ0) is 23.1. The van der Waals surface area contributed by atoms with E-state index in [1.54, 1.807) is 18.3 Å². The van der Waals surface area contributed by atoms with Crippen LogP contribution in [0.1, 0.15) is 51.3 Å². The Balaban J connectivity index is 1.53. The summed E-state index contributed by atoms with van der Waals surface area (Å²) in [5, 5.41) is 12.4. The maximum Gasteiger partial charge on any atom is 0.223 e. The van der Waals surface area contributed by atoms with Crippen molar-refractivity contribution in [1.29, 1.82) is 5.26 Å². The fourth-order valence-corrected chi connectivity index (χ4v) is 4.02. The Labute approximate surface area is 189 Å². The van der Waals surface area contributed by atoms with Crippen LogP contribution in [0.3, 0.4) is 0 Å². The lowest BCUT2D eigenvalue weighted by molar-refractivity contribution is -0.131. The molecule has 2 aromatic rings. The lowest BCUT2D eigenvalue weighted by Crippen LogP contribution is -2.45. The fraction of sp³-hybridized carbons (Fsp3) is 0.500. The largest absolute Gasteiger partial charge is 0.352 e. The summed E-state index contributed by atoms with van der Waals surface area (Å²) in [6.07, 6.45) is 5.09. The minimum Gasteiger partial charge on any atom is -0.352 e. The van der Waals surface area contributed by atoms with Gasteiger partial charge in [0.2, 0.25) is 5.91 Å². The molecule has 1 amide bonds. The number of nitriles is 1. The Morgan fingerprint density at radius 3 is 2.53 bits per heavy atom. The summed E-state index contributed by atoms with van der Waals surface area (Å²) in [6.45, 7) is 8.65. The summed E-state index contributed by atoms with van der Waals surface area (Å²) in [6, 6.07) is 8.91. The molecule has 0 saturated heterocycles. The molecule has 1 unspecified atom stereocenters. The zero-order valence-corrected chi connectivity index (χ0v) is 19.0. The number of nitrogens with one attached hydrogen (secondary N) is 1. The molecular formula is C24H31FN6O. The standard InChI is InChI=1S/C24H31FN6O/c1-4-30(17-18(3)31(5-2)22-9-6-19(14-26)15-28-22)23(32)10-13-29-24(11-12-24)21-8-7-20(25)16-27-21/h6-9,15-16,18,29H,4-5,10-13,17H2,1-3H3. The smallest absolute Gasteiger partial charge is 0.223 e. The van der Waals surface area contributed by atoms with Crippen LogP contribution in [0.15, 0.2) is 36.7 Å². The molecule has 0 aromatic carbocycles. The number of halogens is 1. The van der Waals surface area contributed by atoms with Crippen molar-refractivity contribution in [3.05, 3.63) is 53.7 Å². The predicted octanol–water partition coefficient (Wildman–Crippen LogP) is 3.22. The van der Waals surface area contributed by atoms with Crippen molar-refractivity contribution in [2.45, 2.75) is 51.6 Å². The van der Waals surface area contributed by atoms with Crippen LogP contribution >= 0.6 is 0 Å². The van der Waals surface area contributed by atoms with E-state index < -0.39 is 0 Å². The van der Waals surface area contributed by atoms with E-state index in [1.165, 1.54) is 12.3 Å². The number of hydrogen-bond donors (Lipinski definition) is 1. The van der Waals surface area contributed by atoms with Crippen LogP contribution in [0, 0.1) is 17.1 Å². The minimum absolute atomic E-state index is 0.0792. The average molecular weight is 439 g/mol. The van der Waals surface area contributed by atoms with Gasteiger partial charge in [-0.1, -0.05) is 0 Å². The van der Waals surface area contributed by atoms with Crippen molar-refractivity contribution >= 4 is 11.7 Å². The zero-order valence-electron chi connectivity index (χ0n) is 19.0. The monoisotopic (exact) mass is 438 g/mol. The van der Waals surface area contributed by atoms with E-state index in [1.807, 2.05) is 17.9 Å². The molecular weight excluding hydrogens is 407 g/mol. The molecule has 3 rings (SSSR count). The number of hydrogen-bond acceptors (Lipinski definition) is 6. The summed E-state index contributed by atoms with van der Waals surface area (Å²) in [4.78, 5) is 25.5. The molecule has 7 nitrogen and oxygen atoms in total. The minimum atomic E-state index is -0.343. The van der Waals surface area contributed by atoms with Crippen molar-refractivity contribution in [3.8, 4) is 6.07 Å². The van der Waals surface area contributed by atoms with Crippen molar-refractivity contribution in [2.75, 3.05) is 31.1 Å². The predicted molar refractivity (Wildman–Crippen MR) is 121 cm³/mol. The first-order valence-electron chi connectivity index (χ1n) is 11.2. The molecule has 1 saturated carbocycles. The van der Waals surface area contributed by atoms with Crippen molar-refractivity contribution in [1.82, 2.24) is 20.2 Å². The Kier molecular flexibility index (Phi) is 7.75. The van der Waals surface area contributed by atoms with E-state index in [0.717, 1.165) is 30.9 Å². The third kappa shape index (κ3) is 5.60. The van der Waals surface area contributed by atoms with Crippen LogP contribution in [-0.2, 0) is 10.3 Å². The van der Waals surface area contributed by atoms with E-state index in [2.05, 4.69) is 40.1 Å². The van der Waals surface area contributed by atoms with Gasteiger partial charge < -0.3 is 15.1 Å². The number of rotatable bonds is 11. The number of nitrogens with zero attached hydrogens (tertiary/aromatic N) is 5. The van der Waals surface area contributed by atoms with Crippen molar-refractivity contribution < 1.29 is 9.18 Å². The Hall–Kier alpha value is -3.05. The number of pyridine rings is 2. The maximum absolute atomic E-state index is 13.2. The number of anilines is 1. The van der Waals surface area contributed by atoms with Crippen LogP contribution in [0.25, 0.3) is 0 Å². The number of carbonyl (C=O) groups excluding carboxylic acids is 1. The van der Waals surface area contributed by atoms with Crippen molar-refractivity contribution in [2.24, 2.45) is 0 Å². The van der Waals surface area contributed by atoms with Gasteiger partial charge in [-0.25, -0.2) is 9.37 Å². The van der Waals surface area contributed by atoms with Crippen LogP contribution < -0.4 is 10.2 Å². The molecule has 2 aromatic heterocycles. The quantitative estimate of drug-likeness (QED) is 0.580. The summed E-state index contributed by atoms with van der Waals surface area (Å²) in [5.74, 6) is 0.551. The average Bonchev–Trinajstić information content (AvgIpc) is 3.59. The van der Waals surface area contributed by atoms with Crippen LogP contribution in [0.4, 0.5) is 10.2 Å². The summed E-state index contributed by atoms with van der Waals surface area (Å²) < 4.78 is 13.2. The van der Waals surface area contributed by atoms with Crippen molar-refractivity contribution in [3.63, 3.8) is 0 Å². The molecule has 0 bridgehead atoms. The molecule has 32 heavy (non-hydrogen) atoms. The SMILES string of the molecule is CCN(CC(C)N(CC)c1ccc(C#N)cn1)C(=O)CCNC1(c2ccc(F)cn2)CC1. The van der Waals surface area contributed by atoms with Gasteiger partial charge in [0.25, 0.3) is 0 Å². The van der Waals surface area contributed by atoms with Gasteiger partial charge in [0.15, 0.2) is 0 Å². The number of likely N-dealkylation sites (N-methyl/N-ethyl adjacent to an activating group) is 2. The first-order chi connectivity index (χ1) is 15.4. The number of carbonyl (C=O) groups is 1. The maximum atomic E-state index is 13.2. The third-order valence-corrected chi connectivity index (χ3v) is 6.03. The first kappa shape index (κ1) is 23.6. The van der Waals surface area contributed by atoms with E-state index in [9.17, 15) is 9.18 Å². The van der Waals surface area contributed by atoms with Gasteiger partial charge in [-0.15, -0.1) is 0 Å². The van der Waals surface area contributed by atoms with E-state index >= 15 is 0 Å². The van der Waals surface area contributed by atoms with E-state index in [4.69, 9.17) is 5.26 Å². The molecule has 8 heteroatoms. The summed E-state index contributed by atoms with van der Waals surface area (Å²) >= 11 is 0. The lowest BCUT2D eigenvalue weighted by Gasteiger charge is -2.33. The highest BCUT2D eigenvalue weighted by molar-refractivity contribution is 5.76. The summed E-state index contributed by atoms with van der Waals surface area (Å²) in [7, 11) is 0. The number of amides is 1. The Bertz CT molecular complexity index is 936. The topological polar surface area (TPSA) is 85.1 Å². The van der Waals surface area contributed by atoms with Gasteiger partial charge in [-0.2, -0.15) is 5.26 Å². The Morgan fingerprint density at radius 1 is 1.22 bits per heavy atom. The molecule has 0 radical (unpaired) electrons. The molecule has 0 spiro atoms. The number of aromatic nitrogens is 2. The highest BCUT2D eigenvalue weighted by atomic mass is 19.1. The molecule has 170 valence electrons. The molecule has 2 heterocycles. The van der Waals surface area contributed by atoms with Crippen LogP contribution in [0.5, 0.6) is 0 Å². The second kappa shape index (κ2) is 10.5. The second-order valence-electron chi connectivity index (χ2n) is 8.20. The normalized spacial score (nSPS) is 15.0. The first-order valence-corrected chi connectivity index (χ1v) is 11.2. The molecule has 1 aliphatic carbocycles. The van der Waals surface area contributed by atoms with E-state index in [0.29, 0.717) is 31.6 Å². The van der Waals surface area contributed by atoms with Crippen LogP contribution in [0.2, 0.25) is 0 Å². The summed E-state index contributed by atoms with van der Waals surface area (Å²) in [5.41, 5.74) is 1.14. The molecule has 1 atom stereocenters. The van der Waals surface area contributed by atoms with Gasteiger partial charge in [-0.3, -0.25) is 9.78 Å². The second-order valence-corrected chi connectivity index (χ2v) is 8.20. The van der Waals surface area contributed by atoms with E-state index in [-0.39, 0.29) is 23.3 Å². The van der Waals surface area contributed by atoms with Gasteiger partial charge in [0, 0.05) is 44.8 Å². The van der Waals surface area contributed by atoms with Gasteiger partial charge in [0.1, 0.15) is 17.7 Å². The highest BCUT2D eigenvalue weighted by Crippen LogP contribution is 2.44.